The number of ether oxygens (including phenoxy) is 1. The molecule has 0 heterocycles. The second-order valence-electron chi connectivity index (χ2n) is 5.52. The average Bonchev–Trinajstić information content (AvgIpc) is 2.59. The molecule has 5 nitrogen and oxygen atoms in total. The van der Waals surface area contributed by atoms with Gasteiger partial charge < -0.3 is 4.74 Å². The number of halogens is 3. The molecule has 0 fully saturated rings. The molecule has 0 saturated carbocycles. The van der Waals surface area contributed by atoms with Crippen LogP contribution in [0.25, 0.3) is 11.6 Å². The van der Waals surface area contributed by atoms with Gasteiger partial charge in [0.05, 0.1) is 5.57 Å². The van der Waals surface area contributed by atoms with Crippen LogP contribution in [0.15, 0.2) is 60.7 Å². The van der Waals surface area contributed by atoms with E-state index in [-0.39, 0.29) is 5.57 Å². The number of hydrogen-bond donors (Lipinski definition) is 1. The van der Waals surface area contributed by atoms with Crippen molar-refractivity contribution >= 4 is 27.7 Å². The molecule has 0 aliphatic rings. The van der Waals surface area contributed by atoms with Crippen molar-refractivity contribution in [3.05, 3.63) is 71.8 Å². The topological polar surface area (TPSA) is 80.7 Å². The highest BCUT2D eigenvalue weighted by molar-refractivity contribution is 7.85. The first kappa shape index (κ1) is 20.7. The first-order valence-electron chi connectivity index (χ1n) is 7.61. The summed E-state index contributed by atoms with van der Waals surface area (Å²) in [6.07, 6.45) is -6.83. The predicted octanol–water partition coefficient (Wildman–Crippen LogP) is 3.59. The molecular weight excluding hydrogens is 385 g/mol. The Labute approximate surface area is 153 Å². The highest BCUT2D eigenvalue weighted by Crippen LogP contribution is 2.27. The lowest BCUT2D eigenvalue weighted by Gasteiger charge is -2.20. The molecule has 0 spiro atoms. The number of hydrogen-bond acceptors (Lipinski definition) is 4. The van der Waals surface area contributed by atoms with Crippen molar-refractivity contribution in [2.24, 2.45) is 0 Å². The van der Waals surface area contributed by atoms with Crippen molar-refractivity contribution in [1.29, 1.82) is 0 Å². The molecule has 0 bridgehead atoms. The molecule has 0 saturated heterocycles. The number of carbonyl (C=O) groups is 1. The molecule has 1 atom stereocenters. The highest BCUT2D eigenvalue weighted by atomic mass is 32.2. The fourth-order valence-electron chi connectivity index (χ4n) is 2.17. The van der Waals surface area contributed by atoms with Crippen molar-refractivity contribution in [3.8, 4) is 0 Å². The van der Waals surface area contributed by atoms with E-state index in [1.807, 2.05) is 0 Å². The predicted molar refractivity (Wildman–Crippen MR) is 93.1 cm³/mol. The Hall–Kier alpha value is -2.65. The molecule has 0 radical (unpaired) electrons. The minimum atomic E-state index is -5.17. The molecule has 9 heteroatoms. The highest BCUT2D eigenvalue weighted by Gasteiger charge is 2.45. The Morgan fingerprint density at radius 1 is 1.04 bits per heavy atom. The second-order valence-corrected chi connectivity index (χ2v) is 7.02. The minimum Gasteiger partial charge on any atom is -0.448 e. The summed E-state index contributed by atoms with van der Waals surface area (Å²) in [5, 5.41) is 0. The maximum absolute atomic E-state index is 13.0. The monoisotopic (exact) mass is 400 g/mol. The zero-order valence-electron chi connectivity index (χ0n) is 13.8. The molecule has 1 unspecified atom stereocenters. The third-order valence-electron chi connectivity index (χ3n) is 3.39. The fraction of sp³-hybridized carbons (Fsp3) is 0.167. The second kappa shape index (κ2) is 8.36. The Morgan fingerprint density at radius 2 is 1.56 bits per heavy atom. The van der Waals surface area contributed by atoms with Gasteiger partial charge in [-0.2, -0.15) is 21.6 Å². The summed E-state index contributed by atoms with van der Waals surface area (Å²) in [7, 11) is -5.02. The molecular formula is C18H15F3O5S. The maximum Gasteiger partial charge on any atom is 0.426 e. The van der Waals surface area contributed by atoms with E-state index < -0.39 is 34.1 Å². The van der Waals surface area contributed by atoms with Gasteiger partial charge in [0.1, 0.15) is 5.75 Å². The quantitative estimate of drug-likeness (QED) is 0.347. The summed E-state index contributed by atoms with van der Waals surface area (Å²) >= 11 is 0. The van der Waals surface area contributed by atoms with E-state index in [1.54, 1.807) is 48.5 Å². The number of rotatable bonds is 6. The molecule has 27 heavy (non-hydrogen) atoms. The number of carbonyl (C=O) groups excluding carboxylic acids is 1. The first-order valence-corrected chi connectivity index (χ1v) is 9.22. The van der Waals surface area contributed by atoms with Crippen molar-refractivity contribution in [2.75, 3.05) is 5.75 Å². The Bertz CT molecular complexity index is 907. The van der Waals surface area contributed by atoms with Gasteiger partial charge in [-0.25, -0.2) is 4.79 Å². The van der Waals surface area contributed by atoms with E-state index in [2.05, 4.69) is 4.74 Å². The molecule has 144 valence electrons. The van der Waals surface area contributed by atoms with E-state index in [9.17, 15) is 26.4 Å². The molecule has 2 aromatic carbocycles. The molecule has 0 aliphatic carbocycles. The molecule has 1 N–H and O–H groups in total. The molecule has 2 rings (SSSR count). The van der Waals surface area contributed by atoms with Gasteiger partial charge in [0, 0.05) is 0 Å². The van der Waals surface area contributed by atoms with Crippen LogP contribution in [0.5, 0.6) is 0 Å². The van der Waals surface area contributed by atoms with Crippen LogP contribution in [0.1, 0.15) is 11.1 Å². The molecule has 0 aromatic heterocycles. The van der Waals surface area contributed by atoms with E-state index in [0.717, 1.165) is 0 Å². The van der Waals surface area contributed by atoms with Crippen LogP contribution in [0.4, 0.5) is 13.2 Å². The van der Waals surface area contributed by atoms with E-state index in [0.29, 0.717) is 11.1 Å². The van der Waals surface area contributed by atoms with Crippen LogP contribution in [-0.4, -0.2) is 37.0 Å². The summed E-state index contributed by atoms with van der Waals surface area (Å²) in [6.45, 7) is 0. The Balaban J connectivity index is 2.40. The maximum atomic E-state index is 13.0. The smallest absolute Gasteiger partial charge is 0.426 e. The fourth-order valence-corrected chi connectivity index (χ4v) is 2.81. The standard InChI is InChI=1S/C18H15F3O5S/c19-18(20,21)16(12-27(23,24)25)26-17(22)15(14-9-5-2-6-10-14)11-13-7-3-1-4-8-13/h1-11,16H,12H2,(H,23,24,25)/b15-11+. The van der Waals surface area contributed by atoms with Crippen molar-refractivity contribution in [1.82, 2.24) is 0 Å². The summed E-state index contributed by atoms with van der Waals surface area (Å²) < 4.78 is 73.9. The van der Waals surface area contributed by atoms with Gasteiger partial charge >= 0.3 is 12.1 Å². The Kier molecular flexibility index (Phi) is 6.40. The molecule has 2 aromatic rings. The zero-order chi connectivity index (χ0) is 20.1. The van der Waals surface area contributed by atoms with Crippen molar-refractivity contribution in [2.45, 2.75) is 12.3 Å². The number of benzene rings is 2. The number of alkyl halides is 3. The number of esters is 1. The average molecular weight is 400 g/mol. The van der Waals surface area contributed by atoms with Gasteiger partial charge in [0.25, 0.3) is 10.1 Å². The zero-order valence-corrected chi connectivity index (χ0v) is 14.6. The summed E-state index contributed by atoms with van der Waals surface area (Å²) in [6, 6.07) is 16.2. The molecule has 0 aliphatic heterocycles. The van der Waals surface area contributed by atoms with E-state index in [1.165, 1.54) is 18.2 Å². The normalized spacial score (nSPS) is 13.9. The largest absolute Gasteiger partial charge is 0.448 e. The van der Waals surface area contributed by atoms with Gasteiger partial charge in [0.2, 0.25) is 6.10 Å². The van der Waals surface area contributed by atoms with Gasteiger partial charge in [-0.05, 0) is 17.2 Å². The van der Waals surface area contributed by atoms with Gasteiger partial charge in [0.15, 0.2) is 0 Å². The first-order chi connectivity index (χ1) is 12.6. The molecule has 0 amide bonds. The van der Waals surface area contributed by atoms with Crippen LogP contribution < -0.4 is 0 Å². The lowest BCUT2D eigenvalue weighted by Crippen LogP contribution is -2.39. The lowest BCUT2D eigenvalue weighted by molar-refractivity contribution is -0.211. The summed E-state index contributed by atoms with van der Waals surface area (Å²) in [5.41, 5.74) is 0.636. The third-order valence-corrected chi connectivity index (χ3v) is 4.12. The van der Waals surface area contributed by atoms with Crippen molar-refractivity contribution in [3.63, 3.8) is 0 Å². The van der Waals surface area contributed by atoms with Crippen LogP contribution >= 0.6 is 0 Å². The lowest BCUT2D eigenvalue weighted by atomic mass is 10.0. The van der Waals surface area contributed by atoms with Crippen LogP contribution in [0.3, 0.4) is 0 Å². The van der Waals surface area contributed by atoms with E-state index in [4.69, 9.17) is 4.55 Å². The summed E-state index contributed by atoms with van der Waals surface area (Å²) in [5.74, 6) is -3.15. The Morgan fingerprint density at radius 3 is 2.04 bits per heavy atom. The van der Waals surface area contributed by atoms with Crippen LogP contribution in [0.2, 0.25) is 0 Å². The van der Waals surface area contributed by atoms with Gasteiger partial charge in [-0.3, -0.25) is 4.55 Å². The van der Waals surface area contributed by atoms with Crippen molar-refractivity contribution < 1.29 is 35.7 Å². The van der Waals surface area contributed by atoms with Crippen LogP contribution in [-0.2, 0) is 19.6 Å². The SMILES string of the molecule is O=C(OC(CS(=O)(=O)O)C(F)(F)F)/C(=C/c1ccccc1)c1ccccc1. The summed E-state index contributed by atoms with van der Waals surface area (Å²) in [4.78, 5) is 12.4. The third kappa shape index (κ3) is 6.54. The van der Waals surface area contributed by atoms with Crippen LogP contribution in [0, 0.1) is 0 Å². The minimum absolute atomic E-state index is 0.189. The van der Waals surface area contributed by atoms with Gasteiger partial charge in [-0.15, -0.1) is 0 Å². The van der Waals surface area contributed by atoms with Gasteiger partial charge in [-0.1, -0.05) is 60.7 Å². The van der Waals surface area contributed by atoms with E-state index >= 15 is 0 Å².